The van der Waals surface area contributed by atoms with Crippen molar-refractivity contribution in [3.8, 4) is 11.1 Å². The molecule has 0 aromatic heterocycles. The summed E-state index contributed by atoms with van der Waals surface area (Å²) in [6, 6.07) is 15.7. The van der Waals surface area contributed by atoms with Crippen molar-refractivity contribution in [3.63, 3.8) is 0 Å². The van der Waals surface area contributed by atoms with Crippen molar-refractivity contribution < 1.29 is 14.7 Å². The molecule has 0 bridgehead atoms. The third-order valence-corrected chi connectivity index (χ3v) is 4.80. The highest BCUT2D eigenvalue weighted by Crippen LogP contribution is 2.22. The summed E-state index contributed by atoms with van der Waals surface area (Å²) in [5.41, 5.74) is 9.26. The maximum absolute atomic E-state index is 12.3. The van der Waals surface area contributed by atoms with E-state index >= 15 is 0 Å². The molecule has 0 atom stereocenters. The van der Waals surface area contributed by atoms with Crippen LogP contribution in [0, 0.1) is 0 Å². The van der Waals surface area contributed by atoms with Crippen LogP contribution in [0.15, 0.2) is 48.5 Å². The summed E-state index contributed by atoms with van der Waals surface area (Å²) in [5, 5.41) is 8.78. The van der Waals surface area contributed by atoms with E-state index in [1.54, 1.807) is 11.9 Å². The molecule has 0 saturated heterocycles. The van der Waals surface area contributed by atoms with Gasteiger partial charge in [-0.15, -0.1) is 0 Å². The maximum Gasteiger partial charge on any atom is 0.236 e. The quantitative estimate of drug-likeness (QED) is 0.461. The number of aliphatic hydroxyl groups is 1. The Labute approximate surface area is 167 Å². The van der Waals surface area contributed by atoms with Crippen molar-refractivity contribution in [1.29, 1.82) is 0 Å². The van der Waals surface area contributed by atoms with E-state index in [-0.39, 0.29) is 24.8 Å². The molecule has 2 aromatic carbocycles. The van der Waals surface area contributed by atoms with Gasteiger partial charge in [-0.1, -0.05) is 55.3 Å². The van der Waals surface area contributed by atoms with Crippen LogP contribution in [0.3, 0.4) is 0 Å². The highest BCUT2D eigenvalue weighted by molar-refractivity contribution is 5.96. The van der Waals surface area contributed by atoms with Gasteiger partial charge < -0.3 is 15.7 Å². The van der Waals surface area contributed by atoms with Gasteiger partial charge in [-0.05, 0) is 35.6 Å². The predicted molar refractivity (Wildman–Crippen MR) is 112 cm³/mol. The highest BCUT2D eigenvalue weighted by atomic mass is 16.3. The number of ketones is 1. The number of hydrogen-bond donors (Lipinski definition) is 2. The standard InChI is InChI=1S/C23H30N2O3/c1-25(23(28)16-24)17-18-7-6-8-21(15-18)19-10-12-20(13-11-19)22(27)9-4-2-3-5-14-26/h6-8,10-13,15,26H,2-5,9,14,16-17,24H2,1H3. The van der Waals surface area contributed by atoms with Gasteiger partial charge in [-0.3, -0.25) is 9.59 Å². The highest BCUT2D eigenvalue weighted by Gasteiger charge is 2.09. The van der Waals surface area contributed by atoms with Gasteiger partial charge in [-0.2, -0.15) is 0 Å². The van der Waals surface area contributed by atoms with Gasteiger partial charge in [0.25, 0.3) is 0 Å². The Morgan fingerprint density at radius 3 is 2.36 bits per heavy atom. The van der Waals surface area contributed by atoms with Crippen LogP contribution in [0.2, 0.25) is 0 Å². The lowest BCUT2D eigenvalue weighted by Crippen LogP contribution is -2.32. The van der Waals surface area contributed by atoms with Crippen molar-refractivity contribution in [2.75, 3.05) is 20.2 Å². The molecule has 0 aliphatic carbocycles. The summed E-state index contributed by atoms with van der Waals surface area (Å²) in [6.45, 7) is 0.736. The van der Waals surface area contributed by atoms with Gasteiger partial charge in [0.05, 0.1) is 6.54 Å². The molecule has 0 fully saturated rings. The lowest BCUT2D eigenvalue weighted by molar-refractivity contribution is -0.128. The number of carbonyl (C=O) groups excluding carboxylic acids is 2. The molecule has 1 amide bonds. The van der Waals surface area contributed by atoms with Crippen LogP contribution in [-0.4, -0.2) is 41.9 Å². The summed E-state index contributed by atoms with van der Waals surface area (Å²) < 4.78 is 0. The summed E-state index contributed by atoms with van der Waals surface area (Å²) in [4.78, 5) is 25.6. The fraction of sp³-hybridized carbons (Fsp3) is 0.391. The fourth-order valence-corrected chi connectivity index (χ4v) is 3.11. The number of benzene rings is 2. The van der Waals surface area contributed by atoms with E-state index in [1.165, 1.54) is 0 Å². The van der Waals surface area contributed by atoms with Gasteiger partial charge in [-0.25, -0.2) is 0 Å². The zero-order chi connectivity index (χ0) is 20.4. The molecule has 0 radical (unpaired) electrons. The molecular weight excluding hydrogens is 352 g/mol. The molecule has 0 aliphatic rings. The van der Waals surface area contributed by atoms with Crippen molar-refractivity contribution in [1.82, 2.24) is 4.90 Å². The van der Waals surface area contributed by atoms with Gasteiger partial charge >= 0.3 is 0 Å². The molecule has 2 aromatic rings. The summed E-state index contributed by atoms with van der Waals surface area (Å²) in [7, 11) is 1.74. The fourth-order valence-electron chi connectivity index (χ4n) is 3.11. The second-order valence-corrected chi connectivity index (χ2v) is 7.04. The minimum atomic E-state index is -0.0929. The Balaban J connectivity index is 1.98. The Hall–Kier alpha value is -2.50. The van der Waals surface area contributed by atoms with E-state index in [1.807, 2.05) is 42.5 Å². The van der Waals surface area contributed by atoms with Crippen LogP contribution in [-0.2, 0) is 11.3 Å². The van der Waals surface area contributed by atoms with Crippen LogP contribution in [0.4, 0.5) is 0 Å². The minimum Gasteiger partial charge on any atom is -0.396 e. The Morgan fingerprint density at radius 1 is 0.964 bits per heavy atom. The number of rotatable bonds is 11. The first-order valence-electron chi connectivity index (χ1n) is 9.82. The molecule has 150 valence electrons. The largest absolute Gasteiger partial charge is 0.396 e. The number of unbranched alkanes of at least 4 members (excludes halogenated alkanes) is 3. The maximum atomic E-state index is 12.3. The number of aliphatic hydroxyl groups excluding tert-OH is 1. The van der Waals surface area contributed by atoms with E-state index in [4.69, 9.17) is 10.8 Å². The number of Topliss-reactive ketones (excluding diaryl/α,β-unsaturated/α-hetero) is 1. The van der Waals surface area contributed by atoms with Crippen LogP contribution < -0.4 is 5.73 Å². The summed E-state index contributed by atoms with van der Waals surface area (Å²) in [6.07, 6.45) is 4.14. The Morgan fingerprint density at radius 2 is 1.68 bits per heavy atom. The Bertz CT molecular complexity index is 772. The molecule has 5 heteroatoms. The zero-order valence-electron chi connectivity index (χ0n) is 16.6. The minimum absolute atomic E-state index is 0.00706. The monoisotopic (exact) mass is 382 g/mol. The second kappa shape index (κ2) is 11.4. The number of nitrogens with two attached hydrogens (primary N) is 1. The first-order valence-corrected chi connectivity index (χ1v) is 9.82. The average molecular weight is 383 g/mol. The molecule has 5 nitrogen and oxygen atoms in total. The molecule has 0 unspecified atom stereocenters. The van der Waals surface area contributed by atoms with E-state index in [9.17, 15) is 9.59 Å². The topological polar surface area (TPSA) is 83.6 Å². The number of likely N-dealkylation sites (N-methyl/N-ethyl adjacent to an activating group) is 1. The lowest BCUT2D eigenvalue weighted by atomic mass is 9.99. The van der Waals surface area contributed by atoms with Gasteiger partial charge in [0.1, 0.15) is 0 Å². The van der Waals surface area contributed by atoms with Crippen LogP contribution in [0.5, 0.6) is 0 Å². The molecule has 0 saturated carbocycles. The third-order valence-electron chi connectivity index (χ3n) is 4.80. The van der Waals surface area contributed by atoms with Crippen LogP contribution in [0.25, 0.3) is 11.1 Å². The average Bonchev–Trinajstić information content (AvgIpc) is 2.73. The predicted octanol–water partition coefficient (Wildman–Crippen LogP) is 3.40. The van der Waals surface area contributed by atoms with Gasteiger partial charge in [0.2, 0.25) is 5.91 Å². The van der Waals surface area contributed by atoms with Crippen LogP contribution in [0.1, 0.15) is 48.0 Å². The molecule has 0 aliphatic heterocycles. The number of hydrogen-bond acceptors (Lipinski definition) is 4. The first-order chi connectivity index (χ1) is 13.5. The Kier molecular flexibility index (Phi) is 8.85. The van der Waals surface area contributed by atoms with E-state index in [0.29, 0.717) is 13.0 Å². The first kappa shape index (κ1) is 21.8. The normalized spacial score (nSPS) is 10.7. The molecular formula is C23H30N2O3. The number of nitrogens with zero attached hydrogens (tertiary/aromatic N) is 1. The SMILES string of the molecule is CN(Cc1cccc(-c2ccc(C(=O)CCCCCCO)cc2)c1)C(=O)CN. The number of amides is 1. The molecule has 28 heavy (non-hydrogen) atoms. The second-order valence-electron chi connectivity index (χ2n) is 7.04. The smallest absolute Gasteiger partial charge is 0.236 e. The molecule has 0 heterocycles. The molecule has 3 N–H and O–H groups in total. The van der Waals surface area contributed by atoms with Crippen molar-refractivity contribution in [3.05, 3.63) is 59.7 Å². The third kappa shape index (κ3) is 6.59. The lowest BCUT2D eigenvalue weighted by Gasteiger charge is -2.16. The van der Waals surface area contributed by atoms with Crippen molar-refractivity contribution in [2.45, 2.75) is 38.6 Å². The summed E-state index contributed by atoms with van der Waals surface area (Å²) in [5.74, 6) is 0.0656. The van der Waals surface area contributed by atoms with Crippen molar-refractivity contribution >= 4 is 11.7 Å². The van der Waals surface area contributed by atoms with Gasteiger partial charge in [0, 0.05) is 32.2 Å². The zero-order valence-corrected chi connectivity index (χ0v) is 16.6. The van der Waals surface area contributed by atoms with E-state index < -0.39 is 0 Å². The van der Waals surface area contributed by atoms with E-state index in [0.717, 1.165) is 47.9 Å². The molecule has 0 spiro atoms. The van der Waals surface area contributed by atoms with Crippen LogP contribution >= 0.6 is 0 Å². The van der Waals surface area contributed by atoms with Crippen molar-refractivity contribution in [2.24, 2.45) is 5.73 Å². The van der Waals surface area contributed by atoms with Gasteiger partial charge in [0.15, 0.2) is 5.78 Å². The summed E-state index contributed by atoms with van der Waals surface area (Å²) >= 11 is 0. The number of carbonyl (C=O) groups is 2. The van der Waals surface area contributed by atoms with E-state index in [2.05, 4.69) is 6.07 Å². The molecule has 2 rings (SSSR count).